The fraction of sp³-hybridized carbons (Fsp3) is 0.207. The zero-order chi connectivity index (χ0) is 30.7. The lowest BCUT2D eigenvalue weighted by Gasteiger charge is -2.17. The van der Waals surface area contributed by atoms with Crippen molar-refractivity contribution < 1.29 is 17.7 Å². The van der Waals surface area contributed by atoms with Gasteiger partial charge in [-0.3, -0.25) is 29.2 Å². The average molecular weight is 607 g/mol. The Hall–Kier alpha value is -5.11. The monoisotopic (exact) mass is 606 g/mol. The highest BCUT2D eigenvalue weighted by Gasteiger charge is 2.24. The number of sulfonamides is 1. The molecule has 1 atom stereocenters. The molecular weight excluding hydrogens is 579 g/mol. The lowest BCUT2D eigenvalue weighted by atomic mass is 9.91. The number of halogens is 1. The number of nitro benzene ring substituents is 1. The minimum atomic E-state index is -4.14. The number of imidazole rings is 1. The van der Waals surface area contributed by atoms with Crippen LogP contribution in [0.5, 0.6) is 0 Å². The van der Waals surface area contributed by atoms with Crippen molar-refractivity contribution in [2.75, 3.05) is 4.72 Å². The van der Waals surface area contributed by atoms with E-state index in [1.165, 1.54) is 41.0 Å². The highest BCUT2D eigenvalue weighted by Crippen LogP contribution is 2.30. The van der Waals surface area contributed by atoms with Gasteiger partial charge in [0.25, 0.3) is 21.3 Å². The highest BCUT2D eigenvalue weighted by molar-refractivity contribution is 7.92. The Morgan fingerprint density at radius 3 is 2.49 bits per heavy atom. The molecule has 0 spiro atoms. The van der Waals surface area contributed by atoms with Crippen LogP contribution in [0.3, 0.4) is 0 Å². The van der Waals surface area contributed by atoms with Crippen LogP contribution >= 0.6 is 0 Å². The van der Waals surface area contributed by atoms with E-state index >= 15 is 0 Å². The van der Waals surface area contributed by atoms with Crippen LogP contribution in [-0.2, 0) is 23.0 Å². The number of aryl methyl sites for hydroxylation is 1. The maximum atomic E-state index is 14.7. The number of aromatic amines is 2. The van der Waals surface area contributed by atoms with E-state index < -0.39 is 37.9 Å². The molecule has 2 aromatic heterocycles. The van der Waals surface area contributed by atoms with Crippen molar-refractivity contribution in [2.45, 2.75) is 43.5 Å². The Morgan fingerprint density at radius 1 is 1.05 bits per heavy atom. The first-order chi connectivity index (χ1) is 20.6. The maximum absolute atomic E-state index is 14.7. The summed E-state index contributed by atoms with van der Waals surface area (Å²) in [6.45, 7) is 2.33. The Morgan fingerprint density at radius 2 is 1.79 bits per heavy atom. The van der Waals surface area contributed by atoms with Gasteiger partial charge in [-0.15, -0.1) is 0 Å². The van der Waals surface area contributed by atoms with Gasteiger partial charge in [0.15, 0.2) is 5.65 Å². The number of aromatic nitrogens is 4. The zero-order valence-electron chi connectivity index (χ0n) is 22.9. The van der Waals surface area contributed by atoms with Crippen LogP contribution in [0.2, 0.25) is 0 Å². The first-order valence-electron chi connectivity index (χ1n) is 13.4. The highest BCUT2D eigenvalue weighted by atomic mass is 32.2. The van der Waals surface area contributed by atoms with E-state index in [4.69, 9.17) is 0 Å². The molecule has 43 heavy (non-hydrogen) atoms. The molecule has 222 valence electrons. The Bertz CT molecular complexity index is 2040. The molecule has 3 N–H and O–H groups in total. The fourth-order valence-electron chi connectivity index (χ4n) is 4.77. The van der Waals surface area contributed by atoms with E-state index in [1.54, 1.807) is 30.3 Å². The van der Waals surface area contributed by atoms with E-state index in [1.807, 2.05) is 6.92 Å². The third-order valence-electron chi connectivity index (χ3n) is 7.00. The molecule has 12 nitrogen and oxygen atoms in total. The van der Waals surface area contributed by atoms with E-state index in [9.17, 15) is 32.5 Å². The summed E-state index contributed by atoms with van der Waals surface area (Å²) in [5, 5.41) is 11.1. The number of nitrogens with one attached hydrogen (secondary N) is 3. The maximum Gasteiger partial charge on any atom is 0.330 e. The van der Waals surface area contributed by atoms with Gasteiger partial charge in [0, 0.05) is 30.3 Å². The normalized spacial score (nSPS) is 12.3. The molecule has 1 unspecified atom stereocenters. The van der Waals surface area contributed by atoms with Gasteiger partial charge in [-0.1, -0.05) is 49.7 Å². The number of anilines is 1. The molecule has 0 saturated carbocycles. The van der Waals surface area contributed by atoms with Crippen molar-refractivity contribution in [1.82, 2.24) is 19.5 Å². The fourth-order valence-corrected chi connectivity index (χ4v) is 5.86. The molecule has 0 amide bonds. The van der Waals surface area contributed by atoms with Crippen LogP contribution in [0.1, 0.15) is 42.6 Å². The molecular formula is C29H27FN6O6S. The van der Waals surface area contributed by atoms with Crippen molar-refractivity contribution in [3.05, 3.63) is 127 Å². The van der Waals surface area contributed by atoms with E-state index in [2.05, 4.69) is 19.7 Å². The lowest BCUT2D eigenvalue weighted by Crippen LogP contribution is -2.30. The van der Waals surface area contributed by atoms with Crippen LogP contribution in [0.15, 0.2) is 87.3 Å². The van der Waals surface area contributed by atoms with Gasteiger partial charge in [0.1, 0.15) is 17.2 Å². The quantitative estimate of drug-likeness (QED) is 0.147. The van der Waals surface area contributed by atoms with Gasteiger partial charge in [0.05, 0.1) is 9.82 Å². The van der Waals surface area contributed by atoms with Gasteiger partial charge in [-0.05, 0) is 48.2 Å². The van der Waals surface area contributed by atoms with Crippen LogP contribution in [-0.4, -0.2) is 32.9 Å². The van der Waals surface area contributed by atoms with Crippen molar-refractivity contribution in [3.8, 4) is 0 Å². The Balaban J connectivity index is 1.53. The van der Waals surface area contributed by atoms with Gasteiger partial charge < -0.3 is 4.98 Å². The van der Waals surface area contributed by atoms with Crippen molar-refractivity contribution >= 4 is 32.6 Å². The number of unbranched alkanes of at least 4 members (excludes halogenated alkanes) is 1. The summed E-state index contributed by atoms with van der Waals surface area (Å²) >= 11 is 0. The molecule has 0 radical (unpaired) electrons. The molecule has 2 heterocycles. The number of hydrogen-bond acceptors (Lipinski definition) is 7. The van der Waals surface area contributed by atoms with Gasteiger partial charge in [0.2, 0.25) is 0 Å². The minimum absolute atomic E-state index is 0.116. The van der Waals surface area contributed by atoms with Gasteiger partial charge >= 0.3 is 5.69 Å². The summed E-state index contributed by atoms with van der Waals surface area (Å²) < 4.78 is 44.4. The first kappa shape index (κ1) is 29.4. The standard InChI is InChI=1S/C29H27FN6O6S/c1-2-3-15-35-27-25(28(37)33-29(35)38)31-26(32-27)23(16-19-7-4-5-10-24(19)30)18-11-13-20(14-12-18)34-43(41,42)22-9-6-8-21(17-22)36(39)40/h4-14,17,23,34H,2-3,15-16H2,1H3,(H,31,32)(H,33,37,38). The summed E-state index contributed by atoms with van der Waals surface area (Å²) in [6.07, 6.45) is 1.65. The molecule has 0 aliphatic carbocycles. The number of benzene rings is 3. The SMILES string of the molecule is CCCCn1c(=O)[nH]c(=O)c2[nH]c(C(Cc3ccccc3F)c3ccc(NS(=O)(=O)c4cccc([N+](=O)[O-])c4)cc3)nc21. The molecule has 0 aliphatic heterocycles. The Labute approximate surface area is 244 Å². The van der Waals surface area contributed by atoms with Crippen LogP contribution < -0.4 is 16.0 Å². The predicted octanol–water partition coefficient (Wildman–Crippen LogP) is 4.44. The molecule has 5 aromatic rings. The number of nitro groups is 1. The molecule has 0 aliphatic rings. The second-order valence-corrected chi connectivity index (χ2v) is 11.6. The average Bonchev–Trinajstić information content (AvgIpc) is 3.43. The smallest absolute Gasteiger partial charge is 0.330 e. The van der Waals surface area contributed by atoms with Crippen LogP contribution in [0.25, 0.3) is 11.2 Å². The van der Waals surface area contributed by atoms with Gasteiger partial charge in [-0.2, -0.15) is 0 Å². The molecule has 0 saturated heterocycles. The summed E-state index contributed by atoms with van der Waals surface area (Å²) in [4.78, 5) is 45.3. The third-order valence-corrected chi connectivity index (χ3v) is 8.38. The number of hydrogen-bond donors (Lipinski definition) is 3. The number of fused-ring (bicyclic) bond motifs is 1. The van der Waals surface area contributed by atoms with Gasteiger partial charge in [-0.25, -0.2) is 22.6 Å². The summed E-state index contributed by atoms with van der Waals surface area (Å²) in [5.74, 6) is -0.715. The number of nitrogens with zero attached hydrogens (tertiary/aromatic N) is 3. The summed E-state index contributed by atoms with van der Waals surface area (Å²) in [5.41, 5.74) is -0.0479. The van der Waals surface area contributed by atoms with Crippen molar-refractivity contribution in [1.29, 1.82) is 0 Å². The first-order valence-corrected chi connectivity index (χ1v) is 14.9. The topological polar surface area (TPSA) is 173 Å². The van der Waals surface area contributed by atoms with E-state index in [0.717, 1.165) is 12.5 Å². The van der Waals surface area contributed by atoms with E-state index in [-0.39, 0.29) is 33.9 Å². The van der Waals surface area contributed by atoms with Crippen molar-refractivity contribution in [2.24, 2.45) is 0 Å². The van der Waals surface area contributed by atoms with Crippen LogP contribution in [0, 0.1) is 15.9 Å². The Kier molecular flexibility index (Phi) is 8.21. The molecule has 5 rings (SSSR count). The summed E-state index contributed by atoms with van der Waals surface area (Å²) in [6, 6.07) is 17.2. The molecule has 14 heteroatoms. The molecule has 0 bridgehead atoms. The van der Waals surface area contributed by atoms with Crippen molar-refractivity contribution in [3.63, 3.8) is 0 Å². The third kappa shape index (κ3) is 6.23. The largest absolute Gasteiger partial charge is 0.336 e. The van der Waals surface area contributed by atoms with E-state index in [0.29, 0.717) is 29.9 Å². The second-order valence-electron chi connectivity index (χ2n) is 9.92. The van der Waals surface area contributed by atoms with Crippen LogP contribution in [0.4, 0.5) is 15.8 Å². The number of non-ortho nitro benzene ring substituents is 1. The predicted molar refractivity (Wildman–Crippen MR) is 158 cm³/mol. The lowest BCUT2D eigenvalue weighted by molar-refractivity contribution is -0.385. The zero-order valence-corrected chi connectivity index (χ0v) is 23.7. The molecule has 3 aromatic carbocycles. The number of rotatable bonds is 11. The molecule has 0 fully saturated rings. The summed E-state index contributed by atoms with van der Waals surface area (Å²) in [7, 11) is -4.14. The number of H-pyrrole nitrogens is 2. The second kappa shape index (κ2) is 12.0. The minimum Gasteiger partial charge on any atom is -0.336 e.